The maximum Gasteiger partial charge on any atom is 0.255 e. The van der Waals surface area contributed by atoms with Crippen LogP contribution >= 0.6 is 23.2 Å². The zero-order chi connectivity index (χ0) is 14.8. The van der Waals surface area contributed by atoms with Gasteiger partial charge in [-0.25, -0.2) is 27.0 Å². The molecule has 0 fully saturated rings. The number of aromatic nitrogens is 1. The Bertz CT molecular complexity index is 660. The molecule has 0 bridgehead atoms. The third kappa shape index (κ3) is 4.18. The Hall–Kier alpha value is -0.610. The number of hydrogen-bond acceptors (Lipinski definition) is 6. The lowest BCUT2D eigenvalue weighted by atomic mass is 10.4. The Morgan fingerprint density at radius 2 is 1.84 bits per heavy atom. The second kappa shape index (κ2) is 5.80. The van der Waals surface area contributed by atoms with Crippen molar-refractivity contribution >= 4 is 48.9 Å². The van der Waals surface area contributed by atoms with Gasteiger partial charge in [0, 0.05) is 0 Å². The molecule has 1 unspecified atom stereocenters. The molecule has 0 amide bonds. The topological polar surface area (TPSA) is 119 Å². The van der Waals surface area contributed by atoms with E-state index < -0.39 is 29.4 Å². The molecule has 1 rings (SSSR count). The van der Waals surface area contributed by atoms with Crippen molar-refractivity contribution in [2.75, 3.05) is 5.32 Å². The molecule has 0 aliphatic carbocycles. The van der Waals surface area contributed by atoms with Gasteiger partial charge in [0.1, 0.15) is 11.2 Å². The van der Waals surface area contributed by atoms with Crippen molar-refractivity contribution in [3.8, 4) is 0 Å². The fourth-order valence-corrected chi connectivity index (χ4v) is 3.11. The van der Waals surface area contributed by atoms with Crippen LogP contribution in [0, 0.1) is 0 Å². The van der Waals surface area contributed by atoms with Gasteiger partial charge in [0.2, 0.25) is 14.0 Å². The SMILES string of the molecule is CC(Nc1cccc(S(N)(=O)=O)n1)S(=O)(=O)C(Cl)Cl. The van der Waals surface area contributed by atoms with E-state index in [-0.39, 0.29) is 10.8 Å². The summed E-state index contributed by atoms with van der Waals surface area (Å²) in [5, 5.41) is 5.88. The van der Waals surface area contributed by atoms with Crippen LogP contribution in [0.2, 0.25) is 0 Å². The number of nitrogens with zero attached hydrogens (tertiary/aromatic N) is 1. The first kappa shape index (κ1) is 16.4. The van der Waals surface area contributed by atoms with E-state index in [1.807, 2.05) is 0 Å². The van der Waals surface area contributed by atoms with Crippen molar-refractivity contribution in [3.63, 3.8) is 0 Å². The molecule has 1 aromatic rings. The summed E-state index contributed by atoms with van der Waals surface area (Å²) in [5.74, 6) is 0.0246. The van der Waals surface area contributed by atoms with E-state index in [1.54, 1.807) is 0 Å². The Labute approximate surface area is 121 Å². The Kier molecular flexibility index (Phi) is 5.02. The largest absolute Gasteiger partial charge is 0.354 e. The van der Waals surface area contributed by atoms with Gasteiger partial charge in [-0.15, -0.1) is 0 Å². The number of primary sulfonamides is 1. The van der Waals surface area contributed by atoms with Gasteiger partial charge in [-0.2, -0.15) is 0 Å². The molecule has 0 saturated carbocycles. The van der Waals surface area contributed by atoms with Crippen LogP contribution in [0.3, 0.4) is 0 Å². The molecule has 1 heterocycles. The van der Waals surface area contributed by atoms with E-state index in [0.29, 0.717) is 0 Å². The van der Waals surface area contributed by atoms with Crippen molar-refractivity contribution < 1.29 is 16.8 Å². The molecular weight excluding hydrogens is 337 g/mol. The minimum absolute atomic E-state index is 0.0246. The summed E-state index contributed by atoms with van der Waals surface area (Å²) in [5.41, 5.74) is 0. The number of hydrogen-bond donors (Lipinski definition) is 2. The quantitative estimate of drug-likeness (QED) is 0.755. The lowest BCUT2D eigenvalue weighted by Crippen LogP contribution is -2.30. The van der Waals surface area contributed by atoms with E-state index in [9.17, 15) is 16.8 Å². The van der Waals surface area contributed by atoms with Crippen molar-refractivity contribution in [1.29, 1.82) is 0 Å². The zero-order valence-corrected chi connectivity index (χ0v) is 12.8. The van der Waals surface area contributed by atoms with Gasteiger partial charge in [0.15, 0.2) is 5.03 Å². The van der Waals surface area contributed by atoms with Crippen molar-refractivity contribution in [1.82, 2.24) is 4.98 Å². The summed E-state index contributed by atoms with van der Waals surface area (Å²) < 4.78 is 43.8. The first-order chi connectivity index (χ1) is 8.55. The fraction of sp³-hybridized carbons (Fsp3) is 0.375. The average Bonchev–Trinajstić information content (AvgIpc) is 2.27. The van der Waals surface area contributed by atoms with Gasteiger partial charge in [-0.05, 0) is 19.1 Å². The maximum absolute atomic E-state index is 11.6. The molecule has 0 aromatic carbocycles. The lowest BCUT2D eigenvalue weighted by Gasteiger charge is -2.16. The van der Waals surface area contributed by atoms with Crippen LogP contribution in [0.25, 0.3) is 0 Å². The number of nitrogens with one attached hydrogen (secondary N) is 1. The highest BCUT2D eigenvalue weighted by molar-refractivity contribution is 7.95. The predicted octanol–water partition coefficient (Wildman–Crippen LogP) is 0.663. The second-order valence-electron chi connectivity index (χ2n) is 3.54. The average molecular weight is 348 g/mol. The molecule has 0 saturated heterocycles. The summed E-state index contributed by atoms with van der Waals surface area (Å²) >= 11 is 10.7. The van der Waals surface area contributed by atoms with Crippen LogP contribution in [0.5, 0.6) is 0 Å². The Balaban J connectivity index is 3.02. The van der Waals surface area contributed by atoms with Gasteiger partial charge in [-0.3, -0.25) is 0 Å². The predicted molar refractivity (Wildman–Crippen MR) is 73.1 cm³/mol. The molecule has 7 nitrogen and oxygen atoms in total. The highest BCUT2D eigenvalue weighted by Gasteiger charge is 2.28. The van der Waals surface area contributed by atoms with Gasteiger partial charge >= 0.3 is 0 Å². The van der Waals surface area contributed by atoms with Crippen molar-refractivity contribution in [2.45, 2.75) is 21.5 Å². The molecule has 0 radical (unpaired) electrons. The van der Waals surface area contributed by atoms with Gasteiger partial charge in [-0.1, -0.05) is 29.3 Å². The molecule has 0 aliphatic heterocycles. The number of sulfone groups is 1. The summed E-state index contributed by atoms with van der Waals surface area (Å²) in [6, 6.07) is 3.94. The first-order valence-corrected chi connectivity index (χ1v) is 8.85. The molecule has 0 spiro atoms. The van der Waals surface area contributed by atoms with E-state index >= 15 is 0 Å². The number of sulfonamides is 1. The van der Waals surface area contributed by atoms with E-state index in [4.69, 9.17) is 28.3 Å². The van der Waals surface area contributed by atoms with Crippen LogP contribution in [0.1, 0.15) is 6.92 Å². The van der Waals surface area contributed by atoms with Crippen LogP contribution in [-0.4, -0.2) is 31.4 Å². The normalized spacial score (nSPS) is 14.4. The van der Waals surface area contributed by atoms with Crippen molar-refractivity contribution in [3.05, 3.63) is 18.2 Å². The highest BCUT2D eigenvalue weighted by atomic mass is 35.5. The number of nitrogens with two attached hydrogens (primary N) is 1. The summed E-state index contributed by atoms with van der Waals surface area (Å²) in [6.07, 6.45) is 0. The molecule has 3 N–H and O–H groups in total. The third-order valence-electron chi connectivity index (χ3n) is 2.11. The third-order valence-corrected chi connectivity index (χ3v) is 6.01. The van der Waals surface area contributed by atoms with Gasteiger partial charge in [0.25, 0.3) is 10.0 Å². The van der Waals surface area contributed by atoms with Crippen LogP contribution in [0.4, 0.5) is 5.82 Å². The summed E-state index contributed by atoms with van der Waals surface area (Å²) in [7, 11) is -7.79. The molecule has 0 aliphatic rings. The van der Waals surface area contributed by atoms with E-state index in [0.717, 1.165) is 0 Å². The number of halogens is 2. The van der Waals surface area contributed by atoms with Crippen LogP contribution in [0.15, 0.2) is 23.2 Å². The molecule has 1 atom stereocenters. The lowest BCUT2D eigenvalue weighted by molar-refractivity contribution is 0.591. The van der Waals surface area contributed by atoms with E-state index in [1.165, 1.54) is 25.1 Å². The molecule has 19 heavy (non-hydrogen) atoms. The number of pyridine rings is 1. The molecule has 11 heteroatoms. The standard InChI is InChI=1S/C8H11Cl2N3O4S2/c1-5(18(14,15)8(9)10)12-6-3-2-4-7(13-6)19(11,16)17/h2-5,8H,1H3,(H,12,13)(H2,11,16,17). The minimum atomic E-state index is -3.97. The minimum Gasteiger partial charge on any atom is -0.354 e. The van der Waals surface area contributed by atoms with Crippen LogP contribution < -0.4 is 10.5 Å². The summed E-state index contributed by atoms with van der Waals surface area (Å²) in [6.45, 7) is 1.30. The number of rotatable bonds is 5. The molecule has 1 aromatic heterocycles. The first-order valence-electron chi connectivity index (χ1n) is 4.82. The zero-order valence-electron chi connectivity index (χ0n) is 9.62. The van der Waals surface area contributed by atoms with Crippen LogP contribution in [-0.2, 0) is 19.9 Å². The molecular formula is C8H11Cl2N3O4S2. The highest BCUT2D eigenvalue weighted by Crippen LogP contribution is 2.19. The maximum atomic E-state index is 11.6. The van der Waals surface area contributed by atoms with Crippen molar-refractivity contribution in [2.24, 2.45) is 5.14 Å². The smallest absolute Gasteiger partial charge is 0.255 e. The number of anilines is 1. The molecule has 108 valence electrons. The van der Waals surface area contributed by atoms with Gasteiger partial charge < -0.3 is 5.32 Å². The number of alkyl halides is 2. The Morgan fingerprint density at radius 3 is 2.32 bits per heavy atom. The second-order valence-corrected chi connectivity index (χ2v) is 9.02. The van der Waals surface area contributed by atoms with Gasteiger partial charge in [0.05, 0.1) is 0 Å². The van der Waals surface area contributed by atoms with E-state index in [2.05, 4.69) is 10.3 Å². The Morgan fingerprint density at radius 1 is 1.26 bits per heavy atom. The summed E-state index contributed by atoms with van der Waals surface area (Å²) in [4.78, 5) is 3.68. The monoisotopic (exact) mass is 347 g/mol. The fourth-order valence-electron chi connectivity index (χ4n) is 1.10.